The molecule has 0 saturated heterocycles. The molecule has 0 bridgehead atoms. The Balaban J connectivity index is 1.49. The second kappa shape index (κ2) is 8.47. The number of hydrogen-bond acceptors (Lipinski definition) is 1. The Morgan fingerprint density at radius 2 is 1.21 bits per heavy atom. The number of nitrogens with one attached hydrogen (secondary N) is 1. The van der Waals surface area contributed by atoms with E-state index in [4.69, 9.17) is 4.98 Å². The Morgan fingerprint density at radius 3 is 1.91 bits per heavy atom. The lowest BCUT2D eigenvalue weighted by Crippen LogP contribution is -1.84. The van der Waals surface area contributed by atoms with E-state index in [2.05, 4.69) is 123 Å². The van der Waals surface area contributed by atoms with Crippen LogP contribution in [-0.2, 0) is 0 Å². The van der Waals surface area contributed by atoms with E-state index in [-0.39, 0.29) is 0 Å². The quantitative estimate of drug-likeness (QED) is 0.109. The molecule has 1 N–H and O–H groups in total. The largest absolute Gasteiger partial charge is 0.337 e. The van der Waals surface area contributed by atoms with E-state index in [1.807, 2.05) is 30.3 Å². The summed E-state index contributed by atoms with van der Waals surface area (Å²) < 4.78 is 2.42. The molecule has 0 aliphatic rings. The van der Waals surface area contributed by atoms with Gasteiger partial charge in [0.1, 0.15) is 5.82 Å². The van der Waals surface area contributed by atoms with E-state index in [0.29, 0.717) is 0 Å². The molecule has 0 spiro atoms. The summed E-state index contributed by atoms with van der Waals surface area (Å²) in [6, 6.07) is 31.5. The highest BCUT2D eigenvalue weighted by molar-refractivity contribution is 14.1. The van der Waals surface area contributed by atoms with E-state index in [9.17, 15) is 0 Å². The standard InChI is InChI=1S/C29H16I2N2/c30-21-12-14-23-24-15-13-22(31)17-26(24)28-27(25(23)16-21)32-29(33-28)20-10-8-19(9-11-20)7-6-18-4-2-1-3-5-18/h1-5,8-17H,(H,32,33). The van der Waals surface area contributed by atoms with Crippen LogP contribution in [0.3, 0.4) is 0 Å². The third kappa shape index (κ3) is 3.90. The number of halogens is 2. The molecule has 0 amide bonds. The monoisotopic (exact) mass is 646 g/mol. The number of rotatable bonds is 1. The molecule has 0 atom stereocenters. The van der Waals surface area contributed by atoms with Gasteiger partial charge in [-0.3, -0.25) is 0 Å². The van der Waals surface area contributed by atoms with Crippen molar-refractivity contribution >= 4 is 77.8 Å². The van der Waals surface area contributed by atoms with Gasteiger partial charge in [0.15, 0.2) is 0 Å². The third-order valence-corrected chi connectivity index (χ3v) is 7.11. The van der Waals surface area contributed by atoms with Crippen molar-refractivity contribution in [1.82, 2.24) is 9.97 Å². The van der Waals surface area contributed by atoms with Crippen LogP contribution in [0.1, 0.15) is 11.1 Å². The molecule has 2 nitrogen and oxygen atoms in total. The summed E-state index contributed by atoms with van der Waals surface area (Å²) in [5.74, 6) is 7.34. The van der Waals surface area contributed by atoms with E-state index < -0.39 is 0 Å². The van der Waals surface area contributed by atoms with Crippen molar-refractivity contribution in [1.29, 1.82) is 0 Å². The number of H-pyrrole nitrogens is 1. The van der Waals surface area contributed by atoms with Crippen molar-refractivity contribution in [3.8, 4) is 23.2 Å². The van der Waals surface area contributed by atoms with Gasteiger partial charge in [0.2, 0.25) is 0 Å². The predicted molar refractivity (Wildman–Crippen MR) is 154 cm³/mol. The number of nitrogens with zero attached hydrogens (tertiary/aromatic N) is 1. The first-order valence-electron chi connectivity index (χ1n) is 10.5. The van der Waals surface area contributed by atoms with Crippen LogP contribution in [0.2, 0.25) is 0 Å². The summed E-state index contributed by atoms with van der Waals surface area (Å²) in [7, 11) is 0. The molecule has 0 aliphatic carbocycles. The second-order valence-electron chi connectivity index (χ2n) is 7.88. The normalized spacial score (nSPS) is 11.1. The van der Waals surface area contributed by atoms with E-state index in [1.54, 1.807) is 0 Å². The molecule has 6 rings (SSSR count). The van der Waals surface area contributed by atoms with Crippen LogP contribution in [0.4, 0.5) is 0 Å². The lowest BCUT2D eigenvalue weighted by atomic mass is 10.0. The van der Waals surface area contributed by atoms with Crippen molar-refractivity contribution in [3.63, 3.8) is 0 Å². The minimum absolute atomic E-state index is 0.874. The molecule has 0 unspecified atom stereocenters. The lowest BCUT2D eigenvalue weighted by molar-refractivity contribution is 1.34. The Labute approximate surface area is 218 Å². The second-order valence-corrected chi connectivity index (χ2v) is 10.4. The number of aromatic amines is 1. The van der Waals surface area contributed by atoms with Crippen LogP contribution in [0, 0.1) is 19.0 Å². The van der Waals surface area contributed by atoms with Crippen molar-refractivity contribution in [2.45, 2.75) is 0 Å². The van der Waals surface area contributed by atoms with E-state index >= 15 is 0 Å². The Bertz CT molecular complexity index is 1640. The van der Waals surface area contributed by atoms with Crippen LogP contribution in [0.25, 0.3) is 44.0 Å². The Hall–Kier alpha value is -2.89. The zero-order chi connectivity index (χ0) is 22.4. The van der Waals surface area contributed by atoms with Crippen molar-refractivity contribution in [2.24, 2.45) is 0 Å². The van der Waals surface area contributed by atoms with Crippen LogP contribution in [-0.4, -0.2) is 9.97 Å². The average Bonchev–Trinajstić information content (AvgIpc) is 3.30. The minimum Gasteiger partial charge on any atom is -0.337 e. The Kier molecular flexibility index (Phi) is 5.31. The molecule has 4 heteroatoms. The van der Waals surface area contributed by atoms with Crippen LogP contribution in [0.5, 0.6) is 0 Å². The van der Waals surface area contributed by atoms with Gasteiger partial charge in [0, 0.05) is 34.6 Å². The van der Waals surface area contributed by atoms with Gasteiger partial charge in [-0.2, -0.15) is 0 Å². The molecule has 5 aromatic carbocycles. The highest BCUT2D eigenvalue weighted by atomic mass is 127. The summed E-state index contributed by atoms with van der Waals surface area (Å²) in [5.41, 5.74) is 5.15. The fraction of sp³-hybridized carbons (Fsp3) is 0. The molecular formula is C29H16I2N2. The number of benzene rings is 5. The molecule has 1 aromatic heterocycles. The van der Waals surface area contributed by atoms with Gasteiger partial charge in [0.05, 0.1) is 11.0 Å². The molecule has 0 saturated carbocycles. The Morgan fingerprint density at radius 1 is 0.606 bits per heavy atom. The molecule has 0 fully saturated rings. The summed E-state index contributed by atoms with van der Waals surface area (Å²) in [4.78, 5) is 8.68. The predicted octanol–water partition coefficient (Wildman–Crippen LogP) is 8.15. The van der Waals surface area contributed by atoms with Crippen molar-refractivity contribution in [3.05, 3.63) is 109 Å². The fourth-order valence-corrected chi connectivity index (χ4v) is 5.16. The van der Waals surface area contributed by atoms with Gasteiger partial charge < -0.3 is 4.98 Å². The van der Waals surface area contributed by atoms with Gasteiger partial charge in [-0.1, -0.05) is 54.3 Å². The zero-order valence-corrected chi connectivity index (χ0v) is 21.7. The highest BCUT2D eigenvalue weighted by Gasteiger charge is 2.14. The number of fused-ring (bicyclic) bond motifs is 6. The van der Waals surface area contributed by atoms with Gasteiger partial charge >= 0.3 is 0 Å². The number of aromatic nitrogens is 2. The maximum atomic E-state index is 5.06. The zero-order valence-electron chi connectivity index (χ0n) is 17.4. The van der Waals surface area contributed by atoms with Crippen LogP contribution >= 0.6 is 45.2 Å². The minimum atomic E-state index is 0.874. The van der Waals surface area contributed by atoms with Gasteiger partial charge in [0.25, 0.3) is 0 Å². The summed E-state index contributed by atoms with van der Waals surface area (Å²) >= 11 is 4.75. The highest BCUT2D eigenvalue weighted by Crippen LogP contribution is 2.36. The van der Waals surface area contributed by atoms with Gasteiger partial charge in [-0.15, -0.1) is 0 Å². The molecule has 6 aromatic rings. The maximum Gasteiger partial charge on any atom is 0.138 e. The topological polar surface area (TPSA) is 28.7 Å². The van der Waals surface area contributed by atoms with Crippen LogP contribution < -0.4 is 0 Å². The number of imidazole rings is 1. The summed E-state index contributed by atoms with van der Waals surface area (Å²) in [6.07, 6.45) is 0. The van der Waals surface area contributed by atoms with Gasteiger partial charge in [-0.05, 0) is 104 Å². The molecular weight excluding hydrogens is 630 g/mol. The molecule has 0 aliphatic heterocycles. The fourth-order valence-electron chi connectivity index (χ4n) is 4.18. The lowest BCUT2D eigenvalue weighted by Gasteiger charge is -2.07. The average molecular weight is 646 g/mol. The van der Waals surface area contributed by atoms with E-state index in [0.717, 1.165) is 33.5 Å². The SMILES string of the molecule is Ic1ccc2c3ccc(I)cc3c3[nH]c(-c4ccc(C#Cc5ccccc5)cc4)nc3c2c1. The van der Waals surface area contributed by atoms with Gasteiger partial charge in [-0.25, -0.2) is 4.98 Å². The summed E-state index contributed by atoms with van der Waals surface area (Å²) in [5, 5.41) is 4.86. The van der Waals surface area contributed by atoms with Crippen molar-refractivity contribution in [2.75, 3.05) is 0 Å². The first-order valence-corrected chi connectivity index (χ1v) is 12.7. The molecule has 33 heavy (non-hydrogen) atoms. The first kappa shape index (κ1) is 20.7. The third-order valence-electron chi connectivity index (χ3n) is 5.76. The number of hydrogen-bond donors (Lipinski definition) is 1. The molecule has 0 radical (unpaired) electrons. The molecule has 156 valence electrons. The summed E-state index contributed by atoms with van der Waals surface area (Å²) in [6.45, 7) is 0. The van der Waals surface area contributed by atoms with Crippen LogP contribution in [0.15, 0.2) is 91.0 Å². The maximum absolute atomic E-state index is 5.06. The molecule has 1 heterocycles. The van der Waals surface area contributed by atoms with E-state index in [1.165, 1.54) is 28.7 Å². The first-order chi connectivity index (χ1) is 16.2. The smallest absolute Gasteiger partial charge is 0.138 e. The van der Waals surface area contributed by atoms with Crippen molar-refractivity contribution < 1.29 is 0 Å².